The maximum Gasteiger partial charge on any atom is 0.227 e. The number of hydrogen-bond donors (Lipinski definition) is 1. The molecule has 2 aromatic carbocycles. The monoisotopic (exact) mass is 617 g/mol. The molecule has 1 aliphatic heterocycles. The third kappa shape index (κ3) is 8.23. The minimum atomic E-state index is -0.624. The minimum absolute atomic E-state index is 0.0313. The number of carbonyl (C=O) groups is 3. The van der Waals surface area contributed by atoms with Crippen LogP contribution in [0.1, 0.15) is 66.4 Å². The molecule has 0 fully saturated rings. The molecular weight excluding hydrogens is 570 g/mol. The van der Waals surface area contributed by atoms with Gasteiger partial charge in [0.1, 0.15) is 11.5 Å². The molecule has 0 bridgehead atoms. The van der Waals surface area contributed by atoms with Crippen molar-refractivity contribution in [2.24, 2.45) is 11.3 Å². The number of Topliss-reactive ketones (excluding diaryl/α,β-unsaturated/α-hetero) is 1. The maximum atomic E-state index is 13.8. The summed E-state index contributed by atoms with van der Waals surface area (Å²) in [5, 5.41) is 11.9. The number of ketones is 1. The molecule has 1 aliphatic rings. The molecule has 45 heavy (non-hydrogen) atoms. The normalized spacial score (nSPS) is 13.0. The second kappa shape index (κ2) is 14.5. The number of methoxy groups -OCH3 is 1. The van der Waals surface area contributed by atoms with Gasteiger partial charge in [-0.25, -0.2) is 4.68 Å². The Morgan fingerprint density at radius 2 is 1.64 bits per heavy atom. The van der Waals surface area contributed by atoms with Gasteiger partial charge in [0.15, 0.2) is 0 Å². The summed E-state index contributed by atoms with van der Waals surface area (Å²) in [6.07, 6.45) is 0.688. The predicted octanol–water partition coefficient (Wildman–Crippen LogP) is 5.44. The van der Waals surface area contributed by atoms with Crippen LogP contribution in [0.3, 0.4) is 0 Å². The molecule has 2 amide bonds. The number of aromatic nitrogens is 3. The Morgan fingerprint density at radius 1 is 0.956 bits per heavy atom. The second-order valence-corrected chi connectivity index (χ2v) is 13.2. The van der Waals surface area contributed by atoms with Crippen molar-refractivity contribution in [3.63, 3.8) is 0 Å². The van der Waals surface area contributed by atoms with Crippen LogP contribution in [0, 0.1) is 11.3 Å². The standard InChI is InChI=1S/C35H47N5O5/c1-24(2)33(43)34(3,4)18-20-45-35(5,6)23-36-29(41)16-17-30(42)39-22-25-12-8-9-13-26(25)32-31(27-14-10-11-15-28(27)39)37-38-40(32)19-21-44-7/h8-15,24H,16-23H2,1-7H3,(H,36,41). The Labute approximate surface area is 266 Å². The molecule has 10 heteroatoms. The van der Waals surface area contributed by atoms with E-state index in [1.54, 1.807) is 12.0 Å². The highest BCUT2D eigenvalue weighted by atomic mass is 16.5. The van der Waals surface area contributed by atoms with E-state index in [1.807, 2.05) is 94.8 Å². The van der Waals surface area contributed by atoms with Crippen LogP contribution in [0.25, 0.3) is 22.5 Å². The van der Waals surface area contributed by atoms with Crippen molar-refractivity contribution >= 4 is 23.3 Å². The lowest BCUT2D eigenvalue weighted by Gasteiger charge is -2.30. The van der Waals surface area contributed by atoms with Crippen LogP contribution < -0.4 is 10.2 Å². The summed E-state index contributed by atoms with van der Waals surface area (Å²) in [5.74, 6) is -0.201. The first kappa shape index (κ1) is 34.0. The van der Waals surface area contributed by atoms with Crippen molar-refractivity contribution in [2.45, 2.75) is 79.5 Å². The maximum absolute atomic E-state index is 13.8. The van der Waals surface area contributed by atoms with Gasteiger partial charge in [-0.3, -0.25) is 14.4 Å². The molecule has 0 unspecified atom stereocenters. The van der Waals surface area contributed by atoms with Crippen LogP contribution in [0.5, 0.6) is 0 Å². The fourth-order valence-corrected chi connectivity index (χ4v) is 5.67. The van der Waals surface area contributed by atoms with Gasteiger partial charge in [-0.05, 0) is 31.9 Å². The van der Waals surface area contributed by atoms with E-state index in [2.05, 4.69) is 15.6 Å². The largest absolute Gasteiger partial charge is 0.383 e. The van der Waals surface area contributed by atoms with Gasteiger partial charge in [-0.15, -0.1) is 5.10 Å². The highest BCUT2D eigenvalue weighted by Gasteiger charge is 2.31. The molecule has 1 N–H and O–H groups in total. The Balaban J connectivity index is 1.43. The van der Waals surface area contributed by atoms with E-state index >= 15 is 0 Å². The summed E-state index contributed by atoms with van der Waals surface area (Å²) in [4.78, 5) is 40.9. The first-order valence-corrected chi connectivity index (χ1v) is 15.7. The summed E-state index contributed by atoms with van der Waals surface area (Å²) < 4.78 is 13.2. The molecule has 242 valence electrons. The number of anilines is 1. The average molecular weight is 618 g/mol. The van der Waals surface area contributed by atoms with Crippen LogP contribution >= 0.6 is 0 Å². The Kier molecular flexibility index (Phi) is 10.9. The van der Waals surface area contributed by atoms with E-state index in [1.165, 1.54) is 0 Å². The molecule has 0 radical (unpaired) electrons. The van der Waals surface area contributed by atoms with Crippen LogP contribution in [0.2, 0.25) is 0 Å². The number of carbonyl (C=O) groups excluding carboxylic acids is 3. The zero-order valence-electron chi connectivity index (χ0n) is 27.7. The van der Waals surface area contributed by atoms with Gasteiger partial charge in [-0.2, -0.15) is 0 Å². The summed E-state index contributed by atoms with van der Waals surface area (Å²) in [6.45, 7) is 13.6. The molecule has 3 aromatic rings. The number of ether oxygens (including phenoxy) is 2. The van der Waals surface area contributed by atoms with Gasteiger partial charge < -0.3 is 19.7 Å². The third-order valence-electron chi connectivity index (χ3n) is 8.28. The number of rotatable bonds is 14. The van der Waals surface area contributed by atoms with Crippen LogP contribution in [-0.2, 0) is 36.9 Å². The van der Waals surface area contributed by atoms with E-state index in [-0.39, 0.29) is 36.4 Å². The average Bonchev–Trinajstić information content (AvgIpc) is 3.42. The quantitative estimate of drug-likeness (QED) is 0.256. The highest BCUT2D eigenvalue weighted by molar-refractivity contribution is 6.01. The summed E-state index contributed by atoms with van der Waals surface area (Å²) in [5.41, 5.74) is 3.95. The molecule has 0 saturated carbocycles. The molecule has 0 spiro atoms. The topological polar surface area (TPSA) is 116 Å². The Morgan fingerprint density at radius 3 is 2.36 bits per heavy atom. The minimum Gasteiger partial charge on any atom is -0.383 e. The lowest BCUT2D eigenvalue weighted by molar-refractivity contribution is -0.132. The van der Waals surface area contributed by atoms with Gasteiger partial charge in [0.05, 0.1) is 36.7 Å². The predicted molar refractivity (Wildman–Crippen MR) is 174 cm³/mol. The fourth-order valence-electron chi connectivity index (χ4n) is 5.67. The zero-order chi connectivity index (χ0) is 32.8. The smallest absolute Gasteiger partial charge is 0.227 e. The SMILES string of the molecule is COCCn1nnc2c1-c1ccccc1CN(C(=O)CCC(=O)NCC(C)(C)OCCC(C)(C)C(=O)C(C)C)c1ccccc1-2. The number of benzene rings is 2. The molecule has 10 nitrogen and oxygen atoms in total. The first-order chi connectivity index (χ1) is 21.3. The lowest BCUT2D eigenvalue weighted by Crippen LogP contribution is -2.42. The number of para-hydroxylation sites is 1. The number of nitrogens with zero attached hydrogens (tertiary/aromatic N) is 4. The van der Waals surface area contributed by atoms with Gasteiger partial charge in [0.25, 0.3) is 0 Å². The van der Waals surface area contributed by atoms with Crippen molar-refractivity contribution in [1.29, 1.82) is 0 Å². The van der Waals surface area contributed by atoms with Gasteiger partial charge in [0.2, 0.25) is 11.8 Å². The fraction of sp³-hybridized carbons (Fsp3) is 0.514. The van der Waals surface area contributed by atoms with Crippen LogP contribution in [0.15, 0.2) is 48.5 Å². The van der Waals surface area contributed by atoms with Gasteiger partial charge >= 0.3 is 0 Å². The summed E-state index contributed by atoms with van der Waals surface area (Å²) in [7, 11) is 1.66. The van der Waals surface area contributed by atoms with Crippen LogP contribution in [0.4, 0.5) is 5.69 Å². The van der Waals surface area contributed by atoms with E-state index in [9.17, 15) is 14.4 Å². The summed E-state index contributed by atoms with van der Waals surface area (Å²) in [6, 6.07) is 15.6. The number of nitrogens with one attached hydrogen (secondary N) is 1. The Bertz CT molecular complexity index is 1510. The van der Waals surface area contributed by atoms with Crippen molar-refractivity contribution in [2.75, 3.05) is 31.8 Å². The molecular formula is C35H47N5O5. The van der Waals surface area contributed by atoms with Crippen molar-refractivity contribution in [3.05, 3.63) is 54.1 Å². The van der Waals surface area contributed by atoms with Crippen molar-refractivity contribution in [3.8, 4) is 22.5 Å². The molecule has 2 heterocycles. The lowest BCUT2D eigenvalue weighted by atomic mass is 9.80. The first-order valence-electron chi connectivity index (χ1n) is 15.7. The summed E-state index contributed by atoms with van der Waals surface area (Å²) >= 11 is 0. The second-order valence-electron chi connectivity index (χ2n) is 13.2. The van der Waals surface area contributed by atoms with Gasteiger partial charge in [0, 0.05) is 55.6 Å². The van der Waals surface area contributed by atoms with Gasteiger partial charge in [-0.1, -0.05) is 75.4 Å². The van der Waals surface area contributed by atoms with E-state index in [0.717, 1.165) is 28.1 Å². The highest BCUT2D eigenvalue weighted by Crippen LogP contribution is 2.41. The number of fused-ring (bicyclic) bond motifs is 5. The molecule has 0 aliphatic carbocycles. The van der Waals surface area contributed by atoms with Crippen LogP contribution in [-0.4, -0.2) is 65.1 Å². The third-order valence-corrected chi connectivity index (χ3v) is 8.28. The van der Waals surface area contributed by atoms with Crippen molar-refractivity contribution in [1.82, 2.24) is 20.3 Å². The van der Waals surface area contributed by atoms with E-state index < -0.39 is 11.0 Å². The molecule has 0 atom stereocenters. The molecule has 1 aromatic heterocycles. The van der Waals surface area contributed by atoms with E-state index in [0.29, 0.717) is 45.0 Å². The Hall–Kier alpha value is -3.89. The number of amides is 2. The van der Waals surface area contributed by atoms with E-state index in [4.69, 9.17) is 9.47 Å². The molecule has 4 rings (SSSR count). The number of hydrogen-bond acceptors (Lipinski definition) is 7. The zero-order valence-corrected chi connectivity index (χ0v) is 27.7. The molecule has 0 saturated heterocycles. The van der Waals surface area contributed by atoms with Crippen molar-refractivity contribution < 1.29 is 23.9 Å².